The van der Waals surface area contributed by atoms with Crippen LogP contribution in [0.15, 0.2) is 60.0 Å². The first-order valence-corrected chi connectivity index (χ1v) is 10.2. The summed E-state index contributed by atoms with van der Waals surface area (Å²) < 4.78 is 29.3. The highest BCUT2D eigenvalue weighted by molar-refractivity contribution is 7.94. The minimum atomic E-state index is -3.32. The molecule has 5 nitrogen and oxygen atoms in total. The maximum atomic E-state index is 13.3. The van der Waals surface area contributed by atoms with E-state index in [-0.39, 0.29) is 11.7 Å². The highest BCUT2D eigenvalue weighted by Gasteiger charge is 2.33. The first-order chi connectivity index (χ1) is 12.4. The van der Waals surface area contributed by atoms with E-state index in [1.165, 1.54) is 11.0 Å². The lowest BCUT2D eigenvalue weighted by Gasteiger charge is -2.28. The normalized spacial score (nSPS) is 17.8. The van der Waals surface area contributed by atoms with Gasteiger partial charge in [0, 0.05) is 16.1 Å². The number of sulfone groups is 1. The van der Waals surface area contributed by atoms with Gasteiger partial charge in [-0.15, -0.1) is 0 Å². The summed E-state index contributed by atoms with van der Waals surface area (Å²) in [6.45, 7) is 2.26. The van der Waals surface area contributed by atoms with Gasteiger partial charge in [-0.25, -0.2) is 8.42 Å². The summed E-state index contributed by atoms with van der Waals surface area (Å²) in [5.74, 6) is -0.0232. The summed E-state index contributed by atoms with van der Waals surface area (Å²) in [6, 6.07) is 13.1. The van der Waals surface area contributed by atoms with Gasteiger partial charge >= 0.3 is 0 Å². The van der Waals surface area contributed by atoms with Gasteiger partial charge in [-0.1, -0.05) is 23.7 Å². The van der Waals surface area contributed by atoms with Crippen LogP contribution in [0.4, 0.5) is 5.69 Å². The number of anilines is 1. The second kappa shape index (κ2) is 7.51. The van der Waals surface area contributed by atoms with Gasteiger partial charge in [0.15, 0.2) is 9.84 Å². The van der Waals surface area contributed by atoms with Crippen LogP contribution in [-0.2, 0) is 9.84 Å². The fourth-order valence-electron chi connectivity index (χ4n) is 2.84. The third kappa shape index (κ3) is 3.92. The van der Waals surface area contributed by atoms with Gasteiger partial charge in [-0.3, -0.25) is 4.79 Å². The molecule has 0 saturated carbocycles. The Morgan fingerprint density at radius 2 is 1.88 bits per heavy atom. The van der Waals surface area contributed by atoms with Crippen LogP contribution < -0.4 is 9.64 Å². The highest BCUT2D eigenvalue weighted by Crippen LogP contribution is 2.29. The second-order valence-corrected chi connectivity index (χ2v) is 8.17. The van der Waals surface area contributed by atoms with Gasteiger partial charge in [0.1, 0.15) is 5.75 Å². The molecule has 1 aliphatic rings. The zero-order valence-electron chi connectivity index (χ0n) is 14.1. The maximum Gasteiger partial charge on any atom is 0.262 e. The van der Waals surface area contributed by atoms with E-state index >= 15 is 0 Å². The van der Waals surface area contributed by atoms with Crippen LogP contribution in [0.1, 0.15) is 17.3 Å². The number of amides is 1. The number of carbonyl (C=O) groups is 1. The first-order valence-electron chi connectivity index (χ1n) is 8.13. The quantitative estimate of drug-likeness (QED) is 0.779. The van der Waals surface area contributed by atoms with Crippen molar-refractivity contribution in [1.29, 1.82) is 0 Å². The molecule has 1 unspecified atom stereocenters. The van der Waals surface area contributed by atoms with Crippen LogP contribution in [0.2, 0.25) is 5.02 Å². The number of carbonyl (C=O) groups excluding carboxylic acids is 1. The lowest BCUT2D eigenvalue weighted by Crippen LogP contribution is -2.41. The lowest BCUT2D eigenvalue weighted by atomic mass is 10.1. The molecule has 1 amide bonds. The molecule has 0 N–H and O–H groups in total. The number of nitrogens with zero attached hydrogens (tertiary/aromatic N) is 1. The molecule has 0 aliphatic carbocycles. The monoisotopic (exact) mass is 391 g/mol. The van der Waals surface area contributed by atoms with Crippen molar-refractivity contribution in [2.24, 2.45) is 0 Å². The molecule has 1 heterocycles. The van der Waals surface area contributed by atoms with E-state index in [4.69, 9.17) is 16.3 Å². The zero-order chi connectivity index (χ0) is 18.7. The average molecular weight is 392 g/mol. The number of hydrogen-bond donors (Lipinski definition) is 0. The summed E-state index contributed by atoms with van der Waals surface area (Å²) in [6.07, 6.45) is 1.53. The minimum Gasteiger partial charge on any atom is -0.493 e. The van der Waals surface area contributed by atoms with Gasteiger partial charge in [0.25, 0.3) is 5.91 Å². The van der Waals surface area contributed by atoms with Gasteiger partial charge in [-0.2, -0.15) is 0 Å². The fourth-order valence-corrected chi connectivity index (χ4v) is 4.23. The number of halogens is 1. The Kier molecular flexibility index (Phi) is 5.34. The second-order valence-electron chi connectivity index (χ2n) is 5.81. The molecule has 26 heavy (non-hydrogen) atoms. The largest absolute Gasteiger partial charge is 0.493 e. The predicted molar refractivity (Wildman–Crippen MR) is 103 cm³/mol. The van der Waals surface area contributed by atoms with Gasteiger partial charge < -0.3 is 9.64 Å². The molecule has 1 aliphatic heterocycles. The summed E-state index contributed by atoms with van der Waals surface area (Å²) in [7, 11) is -3.32. The molecule has 2 aromatic rings. The number of para-hydroxylation sites is 1. The van der Waals surface area contributed by atoms with Gasteiger partial charge in [0.05, 0.1) is 24.0 Å². The van der Waals surface area contributed by atoms with Crippen LogP contribution in [0.3, 0.4) is 0 Å². The Bertz CT molecular complexity index is 938. The summed E-state index contributed by atoms with van der Waals surface area (Å²) >= 11 is 5.95. The number of ether oxygens (including phenoxy) is 1. The third-order valence-corrected chi connectivity index (χ3v) is 5.61. The Balaban J connectivity index is 2.05. The van der Waals surface area contributed by atoms with Crippen LogP contribution in [-0.4, -0.2) is 32.7 Å². The molecule has 2 aromatic carbocycles. The molecule has 3 rings (SSSR count). The fraction of sp³-hybridized carbons (Fsp3) is 0.211. The zero-order valence-corrected chi connectivity index (χ0v) is 15.7. The Morgan fingerprint density at radius 1 is 1.19 bits per heavy atom. The highest BCUT2D eigenvalue weighted by atomic mass is 35.5. The predicted octanol–water partition coefficient (Wildman–Crippen LogP) is 3.70. The standard InChI is InChI=1S/C19H18ClNO4S/c1-2-25-18-6-4-3-5-17(18)19(22)21(15-9-7-14(20)8-10-15)16-11-12-26(23,24)13-16/h3-12,16H,2,13H2,1H3. The van der Waals surface area contributed by atoms with E-state index in [0.29, 0.717) is 28.6 Å². The smallest absolute Gasteiger partial charge is 0.262 e. The van der Waals surface area contributed by atoms with Crippen molar-refractivity contribution in [2.75, 3.05) is 17.3 Å². The van der Waals surface area contributed by atoms with E-state index < -0.39 is 15.9 Å². The summed E-state index contributed by atoms with van der Waals surface area (Å²) in [5.41, 5.74) is 0.944. The Morgan fingerprint density at radius 3 is 2.50 bits per heavy atom. The molecule has 0 aromatic heterocycles. The van der Waals surface area contributed by atoms with Crippen molar-refractivity contribution >= 4 is 33.0 Å². The van der Waals surface area contributed by atoms with Crippen molar-refractivity contribution in [3.05, 3.63) is 70.6 Å². The third-order valence-electron chi connectivity index (χ3n) is 3.98. The average Bonchev–Trinajstić information content (AvgIpc) is 2.97. The van der Waals surface area contributed by atoms with E-state index in [1.807, 2.05) is 6.92 Å². The van der Waals surface area contributed by atoms with Gasteiger partial charge in [0.2, 0.25) is 0 Å². The van der Waals surface area contributed by atoms with Crippen LogP contribution in [0.25, 0.3) is 0 Å². The SMILES string of the molecule is CCOc1ccccc1C(=O)N(c1ccc(Cl)cc1)C1C=CS(=O)(=O)C1. The van der Waals surface area contributed by atoms with Crippen LogP contribution >= 0.6 is 11.6 Å². The van der Waals surface area contributed by atoms with Crippen molar-refractivity contribution in [2.45, 2.75) is 13.0 Å². The first kappa shape index (κ1) is 18.5. The molecule has 0 spiro atoms. The molecule has 0 bridgehead atoms. The molecule has 0 radical (unpaired) electrons. The maximum absolute atomic E-state index is 13.3. The Labute approximate surface area is 157 Å². The molecule has 0 fully saturated rings. The minimum absolute atomic E-state index is 0.155. The van der Waals surface area contributed by atoms with Crippen molar-refractivity contribution in [1.82, 2.24) is 0 Å². The van der Waals surface area contributed by atoms with E-state index in [9.17, 15) is 13.2 Å². The van der Waals surface area contributed by atoms with Crippen LogP contribution in [0.5, 0.6) is 5.75 Å². The molecule has 136 valence electrons. The van der Waals surface area contributed by atoms with E-state index in [1.54, 1.807) is 48.5 Å². The molecule has 7 heteroatoms. The van der Waals surface area contributed by atoms with Crippen molar-refractivity contribution in [3.63, 3.8) is 0 Å². The number of benzene rings is 2. The number of hydrogen-bond acceptors (Lipinski definition) is 4. The Hall–Kier alpha value is -2.31. The molecule has 1 atom stereocenters. The van der Waals surface area contributed by atoms with Crippen molar-refractivity contribution < 1.29 is 17.9 Å². The van der Waals surface area contributed by atoms with E-state index in [0.717, 1.165) is 5.41 Å². The number of rotatable bonds is 5. The lowest BCUT2D eigenvalue weighted by molar-refractivity contribution is 0.0979. The van der Waals surface area contributed by atoms with E-state index in [2.05, 4.69) is 0 Å². The van der Waals surface area contributed by atoms with Gasteiger partial charge in [-0.05, 0) is 49.4 Å². The molecular weight excluding hydrogens is 374 g/mol. The summed E-state index contributed by atoms with van der Waals surface area (Å²) in [5, 5.41) is 1.69. The van der Waals surface area contributed by atoms with Crippen LogP contribution in [0, 0.1) is 0 Å². The molecule has 0 saturated heterocycles. The topological polar surface area (TPSA) is 63.7 Å². The molecular formula is C19H18ClNO4S. The van der Waals surface area contributed by atoms with Crippen molar-refractivity contribution in [3.8, 4) is 5.75 Å². The summed E-state index contributed by atoms with van der Waals surface area (Å²) in [4.78, 5) is 14.8.